The number of rotatable bonds is 3. The van der Waals surface area contributed by atoms with Crippen molar-refractivity contribution in [3.05, 3.63) is 23.8 Å². The molecular formula is C14H15N5O2. The van der Waals surface area contributed by atoms with E-state index in [1.54, 1.807) is 22.7 Å². The first-order valence-electron chi connectivity index (χ1n) is 7.09. The predicted octanol–water partition coefficient (Wildman–Crippen LogP) is 2.26. The van der Waals surface area contributed by atoms with E-state index in [1.165, 1.54) is 25.7 Å². The number of carboxylic acid groups (broad SMARTS) is 1. The van der Waals surface area contributed by atoms with E-state index in [1.807, 2.05) is 0 Å². The van der Waals surface area contributed by atoms with E-state index in [0.717, 1.165) is 5.52 Å². The topological polar surface area (TPSA) is 95.3 Å². The highest BCUT2D eigenvalue weighted by Crippen LogP contribution is 2.22. The third-order valence-electron chi connectivity index (χ3n) is 4.01. The highest BCUT2D eigenvalue weighted by Gasteiger charge is 2.17. The third-order valence-corrected chi connectivity index (χ3v) is 4.01. The van der Waals surface area contributed by atoms with Gasteiger partial charge >= 0.3 is 5.97 Å². The number of hydrogen-bond donors (Lipinski definition) is 3. The van der Waals surface area contributed by atoms with Gasteiger partial charge in [-0.1, -0.05) is 12.8 Å². The lowest BCUT2D eigenvalue weighted by molar-refractivity contribution is 0.0697. The number of aromatic carboxylic acids is 1. The zero-order chi connectivity index (χ0) is 14.4. The molecule has 0 bridgehead atoms. The lowest BCUT2D eigenvalue weighted by atomic mass is 10.2. The minimum absolute atomic E-state index is 0.229. The fourth-order valence-electron chi connectivity index (χ4n) is 2.94. The first-order chi connectivity index (χ1) is 10.2. The molecule has 3 N–H and O–H groups in total. The third kappa shape index (κ3) is 2.01. The second-order valence-electron chi connectivity index (χ2n) is 5.45. The van der Waals surface area contributed by atoms with Gasteiger partial charge in [0.2, 0.25) is 5.95 Å². The van der Waals surface area contributed by atoms with Crippen LogP contribution < -0.4 is 5.32 Å². The number of nitrogens with zero attached hydrogens (tertiary/aromatic N) is 3. The number of fused-ring (bicyclic) bond motifs is 3. The van der Waals surface area contributed by atoms with Gasteiger partial charge in [0.05, 0.1) is 16.6 Å². The van der Waals surface area contributed by atoms with Crippen LogP contribution in [0, 0.1) is 0 Å². The summed E-state index contributed by atoms with van der Waals surface area (Å²) in [6.45, 7) is 0. The Bertz CT molecular complexity index is 828. The molecule has 2 heterocycles. The molecular weight excluding hydrogens is 270 g/mol. The summed E-state index contributed by atoms with van der Waals surface area (Å²) in [5.41, 5.74) is 1.68. The van der Waals surface area contributed by atoms with Crippen molar-refractivity contribution in [2.75, 3.05) is 5.32 Å². The lowest BCUT2D eigenvalue weighted by Crippen LogP contribution is -2.15. The monoisotopic (exact) mass is 285 g/mol. The van der Waals surface area contributed by atoms with E-state index >= 15 is 0 Å². The summed E-state index contributed by atoms with van der Waals surface area (Å²) in [7, 11) is 0. The second kappa shape index (κ2) is 4.47. The Kier molecular flexibility index (Phi) is 2.60. The van der Waals surface area contributed by atoms with Crippen LogP contribution in [0.2, 0.25) is 0 Å². The zero-order valence-electron chi connectivity index (χ0n) is 11.3. The fourth-order valence-corrected chi connectivity index (χ4v) is 2.94. The number of carboxylic acids is 1. The van der Waals surface area contributed by atoms with Gasteiger partial charge in [0.15, 0.2) is 0 Å². The smallest absolute Gasteiger partial charge is 0.335 e. The molecule has 1 aliphatic carbocycles. The molecule has 0 amide bonds. The van der Waals surface area contributed by atoms with Crippen LogP contribution in [0.25, 0.3) is 16.8 Å². The van der Waals surface area contributed by atoms with Crippen molar-refractivity contribution >= 4 is 28.7 Å². The minimum Gasteiger partial charge on any atom is -0.478 e. The van der Waals surface area contributed by atoms with E-state index in [4.69, 9.17) is 5.11 Å². The van der Waals surface area contributed by atoms with Gasteiger partial charge < -0.3 is 10.4 Å². The van der Waals surface area contributed by atoms with Crippen LogP contribution in [0.1, 0.15) is 36.0 Å². The normalized spacial score (nSPS) is 16.0. The van der Waals surface area contributed by atoms with Gasteiger partial charge in [-0.2, -0.15) is 4.98 Å². The van der Waals surface area contributed by atoms with Gasteiger partial charge in [-0.05, 0) is 31.0 Å². The molecule has 21 heavy (non-hydrogen) atoms. The molecule has 1 saturated carbocycles. The molecule has 4 rings (SSSR count). The summed E-state index contributed by atoms with van der Waals surface area (Å²) >= 11 is 0. The van der Waals surface area contributed by atoms with E-state index < -0.39 is 5.97 Å². The SMILES string of the molecule is O=C(O)c1ccc2c(c1)nc1nc(NC3CCCC3)[nH]n12. The Morgan fingerprint density at radius 3 is 2.90 bits per heavy atom. The average molecular weight is 285 g/mol. The molecule has 108 valence electrons. The molecule has 3 aromatic rings. The van der Waals surface area contributed by atoms with Gasteiger partial charge in [-0.15, -0.1) is 0 Å². The van der Waals surface area contributed by atoms with E-state index in [-0.39, 0.29) is 5.56 Å². The molecule has 0 radical (unpaired) electrons. The lowest BCUT2D eigenvalue weighted by Gasteiger charge is -2.09. The highest BCUT2D eigenvalue weighted by atomic mass is 16.4. The van der Waals surface area contributed by atoms with Gasteiger partial charge in [0, 0.05) is 6.04 Å². The minimum atomic E-state index is -0.954. The van der Waals surface area contributed by atoms with Crippen molar-refractivity contribution in [3.63, 3.8) is 0 Å². The number of H-pyrrole nitrogens is 1. The van der Waals surface area contributed by atoms with Crippen molar-refractivity contribution in [2.45, 2.75) is 31.7 Å². The maximum absolute atomic E-state index is 11.0. The predicted molar refractivity (Wildman–Crippen MR) is 77.7 cm³/mol. The number of carbonyl (C=O) groups is 1. The number of aromatic amines is 1. The number of anilines is 1. The molecule has 0 spiro atoms. The Balaban J connectivity index is 1.73. The van der Waals surface area contributed by atoms with Crippen LogP contribution in [0.15, 0.2) is 18.2 Å². The van der Waals surface area contributed by atoms with Crippen molar-refractivity contribution in [1.82, 2.24) is 19.6 Å². The summed E-state index contributed by atoms with van der Waals surface area (Å²) in [6.07, 6.45) is 4.87. The van der Waals surface area contributed by atoms with Crippen LogP contribution in [0.3, 0.4) is 0 Å². The molecule has 0 aliphatic heterocycles. The molecule has 1 aliphatic rings. The van der Waals surface area contributed by atoms with Gasteiger partial charge in [-0.25, -0.2) is 14.3 Å². The summed E-state index contributed by atoms with van der Waals surface area (Å²) in [5, 5.41) is 15.6. The van der Waals surface area contributed by atoms with Gasteiger partial charge in [0.1, 0.15) is 0 Å². The molecule has 1 aromatic carbocycles. The maximum Gasteiger partial charge on any atom is 0.335 e. The van der Waals surface area contributed by atoms with Crippen molar-refractivity contribution in [1.29, 1.82) is 0 Å². The number of imidazole rings is 1. The molecule has 1 fully saturated rings. The van der Waals surface area contributed by atoms with Crippen LogP contribution in [-0.4, -0.2) is 36.7 Å². The van der Waals surface area contributed by atoms with Crippen molar-refractivity contribution in [2.24, 2.45) is 0 Å². The molecule has 0 unspecified atom stereocenters. The van der Waals surface area contributed by atoms with Crippen LogP contribution >= 0.6 is 0 Å². The first kappa shape index (κ1) is 12.2. The molecule has 7 heteroatoms. The summed E-state index contributed by atoms with van der Waals surface area (Å²) in [6, 6.07) is 5.36. The number of nitrogens with one attached hydrogen (secondary N) is 2. The van der Waals surface area contributed by atoms with Gasteiger partial charge in [0.25, 0.3) is 5.78 Å². The first-order valence-corrected chi connectivity index (χ1v) is 7.09. The van der Waals surface area contributed by atoms with Crippen LogP contribution in [0.4, 0.5) is 5.95 Å². The molecule has 0 atom stereocenters. The summed E-state index contributed by atoms with van der Waals surface area (Å²) < 4.78 is 1.78. The highest BCUT2D eigenvalue weighted by molar-refractivity contribution is 5.93. The van der Waals surface area contributed by atoms with Crippen molar-refractivity contribution < 1.29 is 9.90 Å². The van der Waals surface area contributed by atoms with Gasteiger partial charge in [-0.3, -0.25) is 5.10 Å². The largest absolute Gasteiger partial charge is 0.478 e. The zero-order valence-corrected chi connectivity index (χ0v) is 11.3. The Hall–Kier alpha value is -2.57. The fraction of sp³-hybridized carbons (Fsp3) is 0.357. The Morgan fingerprint density at radius 1 is 1.33 bits per heavy atom. The average Bonchev–Trinajstić information content (AvgIpc) is 3.14. The molecule has 2 aromatic heterocycles. The Morgan fingerprint density at radius 2 is 2.14 bits per heavy atom. The summed E-state index contributed by atoms with van der Waals surface area (Å²) in [5.74, 6) is 0.312. The van der Waals surface area contributed by atoms with Crippen LogP contribution in [0.5, 0.6) is 0 Å². The number of hydrogen-bond acceptors (Lipinski definition) is 4. The number of aromatic nitrogens is 4. The van der Waals surface area contributed by atoms with E-state index in [2.05, 4.69) is 20.4 Å². The Labute approximate surface area is 120 Å². The second-order valence-corrected chi connectivity index (χ2v) is 5.45. The molecule has 0 saturated heterocycles. The van der Waals surface area contributed by atoms with E-state index in [9.17, 15) is 4.79 Å². The number of benzene rings is 1. The quantitative estimate of drug-likeness (QED) is 0.686. The van der Waals surface area contributed by atoms with E-state index in [0.29, 0.717) is 23.3 Å². The molecule has 7 nitrogen and oxygen atoms in total. The van der Waals surface area contributed by atoms with Crippen LogP contribution in [-0.2, 0) is 0 Å². The summed E-state index contributed by atoms with van der Waals surface area (Å²) in [4.78, 5) is 19.8. The standard InChI is InChI=1S/C14H15N5O2/c20-12(21)8-5-6-11-10(7-8)16-14-17-13(18-19(11)14)15-9-3-1-2-4-9/h5-7,9H,1-4H2,(H,20,21)(H2,15,16,17,18). The van der Waals surface area contributed by atoms with Crippen molar-refractivity contribution in [3.8, 4) is 0 Å². The maximum atomic E-state index is 11.0.